The summed E-state index contributed by atoms with van der Waals surface area (Å²) >= 11 is 0. The Hall–Kier alpha value is -2.75. The van der Waals surface area contributed by atoms with E-state index in [-0.39, 0.29) is 5.91 Å². The van der Waals surface area contributed by atoms with Gasteiger partial charge in [0, 0.05) is 30.2 Å². The summed E-state index contributed by atoms with van der Waals surface area (Å²) in [6.07, 6.45) is 5.51. The van der Waals surface area contributed by atoms with Crippen LogP contribution >= 0.6 is 0 Å². The fraction of sp³-hybridized carbons (Fsp3) is 0.444. The molecule has 1 aliphatic heterocycles. The molecule has 31 heavy (non-hydrogen) atoms. The summed E-state index contributed by atoms with van der Waals surface area (Å²) in [5.41, 5.74) is 5.37. The topological polar surface area (TPSA) is 34.5 Å². The van der Waals surface area contributed by atoms with Gasteiger partial charge in [0.2, 0.25) is 5.91 Å². The molecule has 0 unspecified atom stereocenters. The van der Waals surface area contributed by atoms with Gasteiger partial charge in [-0.15, -0.1) is 0 Å². The van der Waals surface area contributed by atoms with Crippen molar-refractivity contribution in [1.82, 2.24) is 9.47 Å². The number of fused-ring (bicyclic) bond motifs is 3. The van der Waals surface area contributed by atoms with Crippen LogP contribution in [0.2, 0.25) is 0 Å². The van der Waals surface area contributed by atoms with Gasteiger partial charge in [-0.3, -0.25) is 4.79 Å². The first-order valence-corrected chi connectivity index (χ1v) is 11.6. The average Bonchev–Trinajstić information content (AvgIpc) is 3.40. The van der Waals surface area contributed by atoms with Gasteiger partial charge in [0.1, 0.15) is 18.9 Å². The van der Waals surface area contributed by atoms with E-state index >= 15 is 0 Å². The summed E-state index contributed by atoms with van der Waals surface area (Å²) in [7, 11) is 0. The van der Waals surface area contributed by atoms with Crippen LogP contribution in [-0.2, 0) is 30.8 Å². The molecule has 0 saturated carbocycles. The molecule has 0 bridgehead atoms. The van der Waals surface area contributed by atoms with Gasteiger partial charge in [-0.1, -0.05) is 44.2 Å². The molecule has 162 valence electrons. The lowest BCUT2D eigenvalue weighted by atomic mass is 9.76. The molecular weight excluding hydrogens is 384 g/mol. The molecule has 4 nitrogen and oxygen atoms in total. The Morgan fingerprint density at radius 1 is 1.06 bits per heavy atom. The molecule has 1 amide bonds. The lowest BCUT2D eigenvalue weighted by Gasteiger charge is -2.30. The second-order valence-corrected chi connectivity index (χ2v) is 9.89. The standard InChI is InChI=1S/C27H32N2O2/c1-27(2)13-12-24-23(17-27)22-11-10-21(31-19-20-8-4-3-5-9-20)16-25(22)29(24)18-26(30)28-14-6-7-15-28/h3-5,8-11,16H,6-7,12-15,17-19H2,1-2H3. The van der Waals surface area contributed by atoms with E-state index in [0.29, 0.717) is 18.6 Å². The highest BCUT2D eigenvalue weighted by atomic mass is 16.5. The van der Waals surface area contributed by atoms with Crippen LogP contribution < -0.4 is 4.74 Å². The van der Waals surface area contributed by atoms with Crippen LogP contribution in [0.15, 0.2) is 48.5 Å². The van der Waals surface area contributed by atoms with Crippen LogP contribution in [0.1, 0.15) is 49.9 Å². The predicted molar refractivity (Wildman–Crippen MR) is 124 cm³/mol. The van der Waals surface area contributed by atoms with Gasteiger partial charge >= 0.3 is 0 Å². The number of aromatic nitrogens is 1. The number of hydrogen-bond donors (Lipinski definition) is 0. The second kappa shape index (κ2) is 8.07. The molecule has 2 aromatic carbocycles. The van der Waals surface area contributed by atoms with Crippen LogP contribution in [-0.4, -0.2) is 28.5 Å². The molecule has 2 aliphatic rings. The Bertz CT molecular complexity index is 1090. The Balaban J connectivity index is 1.50. The first-order valence-electron chi connectivity index (χ1n) is 11.6. The van der Waals surface area contributed by atoms with Gasteiger partial charge in [-0.05, 0) is 60.8 Å². The zero-order valence-corrected chi connectivity index (χ0v) is 18.7. The number of amides is 1. The van der Waals surface area contributed by atoms with E-state index in [2.05, 4.69) is 48.7 Å². The molecule has 1 fully saturated rings. The van der Waals surface area contributed by atoms with E-state index in [4.69, 9.17) is 4.74 Å². The summed E-state index contributed by atoms with van der Waals surface area (Å²) < 4.78 is 8.41. The van der Waals surface area contributed by atoms with Crippen molar-refractivity contribution in [2.75, 3.05) is 13.1 Å². The summed E-state index contributed by atoms with van der Waals surface area (Å²) in [5, 5.41) is 1.28. The molecule has 2 heterocycles. The number of likely N-dealkylation sites (tertiary alicyclic amines) is 1. The number of benzene rings is 2. The van der Waals surface area contributed by atoms with Crippen molar-refractivity contribution in [2.24, 2.45) is 5.41 Å². The number of nitrogens with zero attached hydrogens (tertiary/aromatic N) is 2. The van der Waals surface area contributed by atoms with Crippen LogP contribution in [0.4, 0.5) is 0 Å². The highest BCUT2D eigenvalue weighted by Crippen LogP contribution is 2.41. The molecule has 1 aromatic heterocycles. The van der Waals surface area contributed by atoms with Gasteiger partial charge in [0.25, 0.3) is 0 Å². The van der Waals surface area contributed by atoms with Crippen LogP contribution in [0.25, 0.3) is 10.9 Å². The van der Waals surface area contributed by atoms with Crippen molar-refractivity contribution in [3.63, 3.8) is 0 Å². The molecule has 1 saturated heterocycles. The van der Waals surface area contributed by atoms with Gasteiger partial charge in [0.15, 0.2) is 0 Å². The van der Waals surface area contributed by atoms with E-state index in [1.54, 1.807) is 0 Å². The van der Waals surface area contributed by atoms with Gasteiger partial charge < -0.3 is 14.2 Å². The van der Waals surface area contributed by atoms with Crippen molar-refractivity contribution in [2.45, 2.75) is 59.1 Å². The maximum Gasteiger partial charge on any atom is 0.242 e. The van der Waals surface area contributed by atoms with Crippen molar-refractivity contribution in [3.8, 4) is 5.75 Å². The number of ether oxygens (including phenoxy) is 1. The number of carbonyl (C=O) groups excluding carboxylic acids is 1. The molecule has 3 aromatic rings. The average molecular weight is 417 g/mol. The predicted octanol–water partition coefficient (Wildman–Crippen LogP) is 5.36. The number of carbonyl (C=O) groups is 1. The quantitative estimate of drug-likeness (QED) is 0.561. The van der Waals surface area contributed by atoms with Gasteiger partial charge in [0.05, 0.1) is 5.52 Å². The SMILES string of the molecule is CC1(C)CCc2c(c3ccc(OCc4ccccc4)cc3n2CC(=O)N2CCCC2)C1. The molecule has 5 rings (SSSR count). The molecule has 0 spiro atoms. The molecule has 0 radical (unpaired) electrons. The summed E-state index contributed by atoms with van der Waals surface area (Å²) in [6, 6.07) is 16.7. The fourth-order valence-electron chi connectivity index (χ4n) is 5.17. The maximum absolute atomic E-state index is 13.0. The highest BCUT2D eigenvalue weighted by Gasteiger charge is 2.31. The lowest BCUT2D eigenvalue weighted by molar-refractivity contribution is -0.130. The third-order valence-electron chi connectivity index (χ3n) is 6.95. The summed E-state index contributed by atoms with van der Waals surface area (Å²) in [5.74, 6) is 1.11. The molecule has 1 aliphatic carbocycles. The minimum absolute atomic E-state index is 0.248. The highest BCUT2D eigenvalue weighted by molar-refractivity contribution is 5.89. The Kier molecular flexibility index (Phi) is 5.25. The van der Waals surface area contributed by atoms with Crippen molar-refractivity contribution >= 4 is 16.8 Å². The molecule has 0 atom stereocenters. The van der Waals surface area contributed by atoms with E-state index in [1.165, 1.54) is 16.6 Å². The Morgan fingerprint density at radius 2 is 1.84 bits per heavy atom. The van der Waals surface area contributed by atoms with E-state index in [1.807, 2.05) is 23.1 Å². The molecule has 0 N–H and O–H groups in total. The largest absolute Gasteiger partial charge is 0.489 e. The maximum atomic E-state index is 13.0. The zero-order chi connectivity index (χ0) is 21.4. The first kappa shape index (κ1) is 20.2. The Morgan fingerprint density at radius 3 is 2.61 bits per heavy atom. The smallest absolute Gasteiger partial charge is 0.242 e. The van der Waals surface area contributed by atoms with Crippen LogP contribution in [0.5, 0.6) is 5.75 Å². The molecule has 4 heteroatoms. The van der Waals surface area contributed by atoms with E-state index < -0.39 is 0 Å². The zero-order valence-electron chi connectivity index (χ0n) is 18.7. The van der Waals surface area contributed by atoms with Gasteiger partial charge in [-0.25, -0.2) is 0 Å². The van der Waals surface area contributed by atoms with E-state index in [0.717, 1.165) is 62.0 Å². The number of hydrogen-bond acceptors (Lipinski definition) is 2. The summed E-state index contributed by atoms with van der Waals surface area (Å²) in [6.45, 7) is 7.50. The third-order valence-corrected chi connectivity index (χ3v) is 6.95. The van der Waals surface area contributed by atoms with Gasteiger partial charge in [-0.2, -0.15) is 0 Å². The number of rotatable bonds is 5. The van der Waals surface area contributed by atoms with Crippen LogP contribution in [0, 0.1) is 5.41 Å². The lowest BCUT2D eigenvalue weighted by Crippen LogP contribution is -2.32. The van der Waals surface area contributed by atoms with E-state index in [9.17, 15) is 4.79 Å². The van der Waals surface area contributed by atoms with Crippen molar-refractivity contribution < 1.29 is 9.53 Å². The summed E-state index contributed by atoms with van der Waals surface area (Å²) in [4.78, 5) is 15.1. The first-order chi connectivity index (χ1) is 15.0. The Labute approximate surface area is 184 Å². The van der Waals surface area contributed by atoms with Crippen molar-refractivity contribution in [3.05, 3.63) is 65.4 Å². The monoisotopic (exact) mass is 416 g/mol. The minimum Gasteiger partial charge on any atom is -0.489 e. The third kappa shape index (κ3) is 4.08. The normalized spacial score (nSPS) is 17.7. The molecular formula is C27H32N2O2. The van der Waals surface area contributed by atoms with Crippen LogP contribution in [0.3, 0.4) is 0 Å². The second-order valence-electron chi connectivity index (χ2n) is 9.89. The van der Waals surface area contributed by atoms with Crippen molar-refractivity contribution in [1.29, 1.82) is 0 Å². The fourth-order valence-corrected chi connectivity index (χ4v) is 5.17. The minimum atomic E-state index is 0.248.